The van der Waals surface area contributed by atoms with Gasteiger partial charge in [-0.1, -0.05) is 54.0 Å². The number of piperidine rings is 1. The van der Waals surface area contributed by atoms with E-state index < -0.39 is 0 Å². The number of benzene rings is 2. The van der Waals surface area contributed by atoms with Crippen LogP contribution in [0.15, 0.2) is 48.5 Å². The summed E-state index contributed by atoms with van der Waals surface area (Å²) in [6.07, 6.45) is 6.20. The van der Waals surface area contributed by atoms with Crippen molar-refractivity contribution in [1.29, 1.82) is 0 Å². The molecule has 0 bridgehead atoms. The molecule has 3 heteroatoms. The fourth-order valence-corrected chi connectivity index (χ4v) is 3.68. The van der Waals surface area contributed by atoms with Gasteiger partial charge in [-0.15, -0.1) is 0 Å². The van der Waals surface area contributed by atoms with Crippen LogP contribution in [0.5, 0.6) is 5.75 Å². The van der Waals surface area contributed by atoms with Crippen LogP contribution < -0.4 is 4.74 Å². The second-order valence-corrected chi connectivity index (χ2v) is 7.54. The van der Waals surface area contributed by atoms with Crippen LogP contribution in [-0.2, 0) is 4.74 Å². The Bertz CT molecular complexity index is 779. The van der Waals surface area contributed by atoms with Gasteiger partial charge in [0.15, 0.2) is 6.79 Å². The van der Waals surface area contributed by atoms with Gasteiger partial charge in [0.1, 0.15) is 5.75 Å². The molecule has 0 amide bonds. The number of likely N-dealkylation sites (N-methyl/N-ethyl adjacent to an activating group) is 1. The predicted octanol–water partition coefficient (Wildman–Crippen LogP) is 5.20. The van der Waals surface area contributed by atoms with Gasteiger partial charge in [-0.25, -0.2) is 0 Å². The highest BCUT2D eigenvalue weighted by Crippen LogP contribution is 2.34. The van der Waals surface area contributed by atoms with Crippen LogP contribution in [0.3, 0.4) is 0 Å². The standard InChI is InChI=1S/C24H31NO2/c1-18-8-11-20(12-9-18)22(16-21-7-5-6-14-25(21)3)23-15-19(2)10-13-24(23)27-17-26-4/h8-13,15-16,21H,5-7,14,17H2,1-4H3. The molecule has 0 saturated carbocycles. The lowest BCUT2D eigenvalue weighted by Crippen LogP contribution is -2.34. The smallest absolute Gasteiger partial charge is 0.188 e. The Balaban J connectivity index is 2.09. The Morgan fingerprint density at radius 2 is 1.81 bits per heavy atom. The number of aryl methyl sites for hydroxylation is 2. The van der Waals surface area contributed by atoms with E-state index in [4.69, 9.17) is 9.47 Å². The van der Waals surface area contributed by atoms with Crippen LogP contribution in [0, 0.1) is 13.8 Å². The summed E-state index contributed by atoms with van der Waals surface area (Å²) in [4.78, 5) is 2.46. The maximum absolute atomic E-state index is 5.91. The first-order valence-corrected chi connectivity index (χ1v) is 9.80. The summed E-state index contributed by atoms with van der Waals surface area (Å²) in [5.74, 6) is 0.868. The molecular formula is C24H31NO2. The number of ether oxygens (including phenoxy) is 2. The van der Waals surface area contributed by atoms with Crippen molar-refractivity contribution in [2.45, 2.75) is 39.2 Å². The normalized spacial score (nSPS) is 18.5. The number of hydrogen-bond acceptors (Lipinski definition) is 3. The zero-order valence-corrected chi connectivity index (χ0v) is 17.0. The van der Waals surface area contributed by atoms with E-state index in [0.29, 0.717) is 6.04 Å². The molecule has 3 rings (SSSR count). The first-order chi connectivity index (χ1) is 13.1. The van der Waals surface area contributed by atoms with Gasteiger partial charge in [0.05, 0.1) is 0 Å². The zero-order valence-electron chi connectivity index (χ0n) is 17.0. The van der Waals surface area contributed by atoms with Crippen LogP contribution in [0.1, 0.15) is 41.5 Å². The second kappa shape index (κ2) is 9.20. The molecular weight excluding hydrogens is 334 g/mol. The number of nitrogens with zero attached hydrogens (tertiary/aromatic N) is 1. The van der Waals surface area contributed by atoms with Crippen LogP contribution in [0.4, 0.5) is 0 Å². The number of likely N-dealkylation sites (tertiary alicyclic amines) is 1. The van der Waals surface area contributed by atoms with E-state index >= 15 is 0 Å². The van der Waals surface area contributed by atoms with Crippen LogP contribution in [-0.4, -0.2) is 38.4 Å². The molecule has 0 aromatic heterocycles. The molecule has 0 N–H and O–H groups in total. The molecule has 1 unspecified atom stereocenters. The van der Waals surface area contributed by atoms with Crippen molar-refractivity contribution in [1.82, 2.24) is 4.90 Å². The molecule has 0 radical (unpaired) electrons. The molecule has 0 aliphatic carbocycles. The zero-order chi connectivity index (χ0) is 19.2. The summed E-state index contributed by atoms with van der Waals surface area (Å²) in [5, 5.41) is 0. The highest BCUT2D eigenvalue weighted by Gasteiger charge is 2.20. The molecule has 27 heavy (non-hydrogen) atoms. The summed E-state index contributed by atoms with van der Waals surface area (Å²) in [6.45, 7) is 5.66. The Morgan fingerprint density at radius 3 is 2.52 bits per heavy atom. The number of methoxy groups -OCH3 is 1. The minimum absolute atomic E-state index is 0.251. The van der Waals surface area contributed by atoms with Gasteiger partial charge in [0.2, 0.25) is 0 Å². The number of hydrogen-bond donors (Lipinski definition) is 0. The first-order valence-electron chi connectivity index (χ1n) is 9.80. The lowest BCUT2D eigenvalue weighted by atomic mass is 9.91. The number of rotatable bonds is 6. The fourth-order valence-electron chi connectivity index (χ4n) is 3.68. The molecule has 1 heterocycles. The quantitative estimate of drug-likeness (QED) is 0.657. The molecule has 3 nitrogen and oxygen atoms in total. The maximum Gasteiger partial charge on any atom is 0.188 e. The Kier molecular flexibility index (Phi) is 6.70. The molecule has 2 aromatic carbocycles. The van der Waals surface area contributed by atoms with Gasteiger partial charge < -0.3 is 9.47 Å². The van der Waals surface area contributed by atoms with E-state index in [1.165, 1.54) is 41.5 Å². The van der Waals surface area contributed by atoms with E-state index in [1.54, 1.807) is 7.11 Å². The van der Waals surface area contributed by atoms with Crippen molar-refractivity contribution in [3.05, 3.63) is 70.8 Å². The largest absolute Gasteiger partial charge is 0.467 e. The van der Waals surface area contributed by atoms with Crippen molar-refractivity contribution in [3.63, 3.8) is 0 Å². The van der Waals surface area contributed by atoms with E-state index in [9.17, 15) is 0 Å². The fraction of sp³-hybridized carbons (Fsp3) is 0.417. The monoisotopic (exact) mass is 365 g/mol. The van der Waals surface area contributed by atoms with Gasteiger partial charge in [-0.05, 0) is 63.6 Å². The van der Waals surface area contributed by atoms with Crippen molar-refractivity contribution in [3.8, 4) is 5.75 Å². The van der Waals surface area contributed by atoms with Crippen molar-refractivity contribution in [2.24, 2.45) is 0 Å². The third-order valence-electron chi connectivity index (χ3n) is 5.31. The summed E-state index contributed by atoms with van der Waals surface area (Å²) in [5.41, 5.74) is 6.10. The van der Waals surface area contributed by atoms with Gasteiger partial charge in [-0.3, -0.25) is 4.90 Å². The Morgan fingerprint density at radius 1 is 1.07 bits per heavy atom. The summed E-state index contributed by atoms with van der Waals surface area (Å²) >= 11 is 0. The van der Waals surface area contributed by atoms with Gasteiger partial charge in [-0.2, -0.15) is 0 Å². The third-order valence-corrected chi connectivity index (χ3v) is 5.31. The topological polar surface area (TPSA) is 21.7 Å². The first kappa shape index (κ1) is 19.7. The van der Waals surface area contributed by atoms with E-state index in [0.717, 1.165) is 17.9 Å². The summed E-state index contributed by atoms with van der Waals surface area (Å²) in [7, 11) is 3.88. The van der Waals surface area contributed by atoms with Gasteiger partial charge in [0, 0.05) is 18.7 Å². The van der Waals surface area contributed by atoms with E-state index in [-0.39, 0.29) is 6.79 Å². The molecule has 1 aliphatic rings. The minimum atomic E-state index is 0.251. The Hall–Kier alpha value is -2.10. The lowest BCUT2D eigenvalue weighted by molar-refractivity contribution is 0.0509. The summed E-state index contributed by atoms with van der Waals surface area (Å²) < 4.78 is 11.1. The predicted molar refractivity (Wildman–Crippen MR) is 112 cm³/mol. The average Bonchev–Trinajstić information content (AvgIpc) is 2.67. The third kappa shape index (κ3) is 5.00. The van der Waals surface area contributed by atoms with E-state index in [2.05, 4.69) is 74.3 Å². The molecule has 1 aliphatic heterocycles. The molecule has 1 atom stereocenters. The summed E-state index contributed by atoms with van der Waals surface area (Å²) in [6, 6.07) is 15.6. The highest BCUT2D eigenvalue weighted by atomic mass is 16.7. The molecule has 0 spiro atoms. The maximum atomic E-state index is 5.91. The van der Waals surface area contributed by atoms with Crippen LogP contribution in [0.25, 0.3) is 5.57 Å². The van der Waals surface area contributed by atoms with Crippen LogP contribution in [0.2, 0.25) is 0 Å². The molecule has 144 valence electrons. The van der Waals surface area contributed by atoms with Crippen molar-refractivity contribution >= 4 is 5.57 Å². The highest BCUT2D eigenvalue weighted by molar-refractivity contribution is 5.83. The molecule has 2 aromatic rings. The molecule has 1 saturated heterocycles. The minimum Gasteiger partial charge on any atom is -0.467 e. The second-order valence-electron chi connectivity index (χ2n) is 7.54. The van der Waals surface area contributed by atoms with Crippen molar-refractivity contribution < 1.29 is 9.47 Å². The molecule has 1 fully saturated rings. The van der Waals surface area contributed by atoms with E-state index in [1.807, 2.05) is 0 Å². The van der Waals surface area contributed by atoms with Gasteiger partial charge >= 0.3 is 0 Å². The van der Waals surface area contributed by atoms with Gasteiger partial charge in [0.25, 0.3) is 0 Å². The van der Waals surface area contributed by atoms with Crippen LogP contribution >= 0.6 is 0 Å². The van der Waals surface area contributed by atoms with Crippen molar-refractivity contribution in [2.75, 3.05) is 27.5 Å². The lowest BCUT2D eigenvalue weighted by Gasteiger charge is -2.31. The SMILES string of the molecule is COCOc1ccc(C)cc1C(=CC1CCCCN1C)c1ccc(C)cc1. The Labute approximate surface area is 163 Å². The average molecular weight is 366 g/mol.